The Morgan fingerprint density at radius 3 is 2.75 bits per heavy atom. The fourth-order valence-corrected chi connectivity index (χ4v) is 1.52. The van der Waals surface area contributed by atoms with Crippen molar-refractivity contribution in [2.75, 3.05) is 11.9 Å². The maximum absolute atomic E-state index is 10.8. The number of carbonyl (C=O) groups is 1. The highest BCUT2D eigenvalue weighted by Crippen LogP contribution is 2.23. The third kappa shape index (κ3) is 1.91. The van der Waals surface area contributed by atoms with E-state index in [1.165, 1.54) is 0 Å². The first-order valence-corrected chi connectivity index (χ1v) is 4.88. The van der Waals surface area contributed by atoms with Crippen molar-refractivity contribution in [2.45, 2.75) is 0 Å². The smallest absolute Gasteiger partial charge is 0.335 e. The van der Waals surface area contributed by atoms with Gasteiger partial charge in [-0.3, -0.25) is 0 Å². The van der Waals surface area contributed by atoms with Gasteiger partial charge in [0, 0.05) is 25.1 Å². The third-order valence-electron chi connectivity index (χ3n) is 2.45. The number of hydrogen-bond acceptors (Lipinski definition) is 2. The van der Waals surface area contributed by atoms with Gasteiger partial charge >= 0.3 is 5.97 Å². The first-order chi connectivity index (χ1) is 7.68. The molecule has 0 aliphatic heterocycles. The molecule has 0 spiro atoms. The molecule has 0 aliphatic carbocycles. The van der Waals surface area contributed by atoms with Gasteiger partial charge in [-0.05, 0) is 24.3 Å². The van der Waals surface area contributed by atoms with Gasteiger partial charge in [-0.25, -0.2) is 4.79 Å². The number of H-pyrrole nitrogens is 1. The van der Waals surface area contributed by atoms with Gasteiger partial charge < -0.3 is 15.0 Å². The molecule has 82 valence electrons. The molecule has 0 bridgehead atoms. The summed E-state index contributed by atoms with van der Waals surface area (Å²) in [4.78, 5) is 15.7. The maximum atomic E-state index is 10.8. The van der Waals surface area contributed by atoms with Gasteiger partial charge in [-0.2, -0.15) is 0 Å². The van der Waals surface area contributed by atoms with Gasteiger partial charge in [0.25, 0.3) is 0 Å². The van der Waals surface area contributed by atoms with E-state index in [0.29, 0.717) is 5.56 Å². The number of anilines is 2. The van der Waals surface area contributed by atoms with Crippen LogP contribution in [0.4, 0.5) is 11.4 Å². The number of hydrogen-bond donors (Lipinski definition) is 2. The molecule has 0 fully saturated rings. The second kappa shape index (κ2) is 4.10. The average molecular weight is 216 g/mol. The van der Waals surface area contributed by atoms with Crippen LogP contribution in [0.25, 0.3) is 0 Å². The SMILES string of the molecule is CN(c1cc[nH]c1)c1cccc(C(=O)O)c1. The Bertz CT molecular complexity index is 491. The van der Waals surface area contributed by atoms with E-state index in [-0.39, 0.29) is 0 Å². The van der Waals surface area contributed by atoms with Crippen molar-refractivity contribution in [2.24, 2.45) is 0 Å². The monoisotopic (exact) mass is 216 g/mol. The maximum Gasteiger partial charge on any atom is 0.335 e. The molecule has 2 aromatic rings. The summed E-state index contributed by atoms with van der Waals surface area (Å²) in [5.41, 5.74) is 2.13. The summed E-state index contributed by atoms with van der Waals surface area (Å²) in [5.74, 6) is -0.913. The normalized spacial score (nSPS) is 10.1. The predicted octanol–water partition coefficient (Wildman–Crippen LogP) is 2.48. The topological polar surface area (TPSA) is 56.3 Å². The molecular weight excluding hydrogens is 204 g/mol. The van der Waals surface area contributed by atoms with Crippen LogP contribution in [0.2, 0.25) is 0 Å². The van der Waals surface area contributed by atoms with Crippen LogP contribution in [0.1, 0.15) is 10.4 Å². The van der Waals surface area contributed by atoms with Crippen LogP contribution in [0, 0.1) is 0 Å². The van der Waals surface area contributed by atoms with E-state index < -0.39 is 5.97 Å². The van der Waals surface area contributed by atoms with Crippen LogP contribution in [-0.4, -0.2) is 23.1 Å². The number of carboxylic acid groups (broad SMARTS) is 1. The van der Waals surface area contributed by atoms with Gasteiger partial charge in [0.05, 0.1) is 11.3 Å². The largest absolute Gasteiger partial charge is 0.478 e. The Morgan fingerprint density at radius 2 is 2.12 bits per heavy atom. The molecule has 0 amide bonds. The number of aromatic carboxylic acids is 1. The Kier molecular flexibility index (Phi) is 2.64. The minimum Gasteiger partial charge on any atom is -0.478 e. The molecule has 0 saturated carbocycles. The van der Waals surface area contributed by atoms with E-state index in [4.69, 9.17) is 5.11 Å². The van der Waals surface area contributed by atoms with Gasteiger partial charge in [-0.15, -0.1) is 0 Å². The number of carboxylic acids is 1. The first-order valence-electron chi connectivity index (χ1n) is 4.88. The number of nitrogens with one attached hydrogen (secondary N) is 1. The summed E-state index contributed by atoms with van der Waals surface area (Å²) < 4.78 is 0. The molecule has 1 aromatic heterocycles. The lowest BCUT2D eigenvalue weighted by Crippen LogP contribution is -2.09. The molecule has 16 heavy (non-hydrogen) atoms. The summed E-state index contributed by atoms with van der Waals surface area (Å²) in [6.45, 7) is 0. The second-order valence-corrected chi connectivity index (χ2v) is 3.48. The van der Waals surface area contributed by atoms with Crippen molar-refractivity contribution in [1.82, 2.24) is 4.98 Å². The predicted molar refractivity (Wildman–Crippen MR) is 62.3 cm³/mol. The van der Waals surface area contributed by atoms with Crippen LogP contribution in [0.15, 0.2) is 42.7 Å². The standard InChI is InChI=1S/C12H12N2O2/c1-14(11-5-6-13-8-11)10-4-2-3-9(7-10)12(15)16/h2-8,13H,1H3,(H,15,16). The Hall–Kier alpha value is -2.23. The number of nitrogens with zero attached hydrogens (tertiary/aromatic N) is 1. The number of rotatable bonds is 3. The summed E-state index contributed by atoms with van der Waals surface area (Å²) in [6.07, 6.45) is 3.68. The summed E-state index contributed by atoms with van der Waals surface area (Å²) in [7, 11) is 1.89. The highest BCUT2D eigenvalue weighted by molar-refractivity contribution is 5.89. The van der Waals surface area contributed by atoms with E-state index >= 15 is 0 Å². The molecular formula is C12H12N2O2. The van der Waals surface area contributed by atoms with Crippen molar-refractivity contribution < 1.29 is 9.90 Å². The quantitative estimate of drug-likeness (QED) is 0.828. The third-order valence-corrected chi connectivity index (χ3v) is 2.45. The second-order valence-electron chi connectivity index (χ2n) is 3.48. The molecule has 0 unspecified atom stereocenters. The van der Waals surface area contributed by atoms with Crippen LogP contribution in [0.3, 0.4) is 0 Å². The molecule has 0 atom stereocenters. The fraction of sp³-hybridized carbons (Fsp3) is 0.0833. The lowest BCUT2D eigenvalue weighted by Gasteiger charge is -2.17. The molecule has 0 radical (unpaired) electrons. The van der Waals surface area contributed by atoms with Crippen molar-refractivity contribution in [3.8, 4) is 0 Å². The zero-order valence-corrected chi connectivity index (χ0v) is 8.84. The molecule has 2 rings (SSSR count). The zero-order valence-electron chi connectivity index (χ0n) is 8.84. The summed E-state index contributed by atoms with van der Waals surface area (Å²) in [6, 6.07) is 8.76. The van der Waals surface area contributed by atoms with Crippen LogP contribution in [0.5, 0.6) is 0 Å². The van der Waals surface area contributed by atoms with Crippen molar-refractivity contribution in [3.63, 3.8) is 0 Å². The summed E-state index contributed by atoms with van der Waals surface area (Å²) in [5, 5.41) is 8.90. The first kappa shape index (κ1) is 10.3. The molecule has 4 heteroatoms. The van der Waals surface area contributed by atoms with E-state index in [9.17, 15) is 4.79 Å². The molecule has 0 saturated heterocycles. The highest BCUT2D eigenvalue weighted by atomic mass is 16.4. The Balaban J connectivity index is 2.34. The van der Waals surface area contributed by atoms with Crippen molar-refractivity contribution in [1.29, 1.82) is 0 Å². The molecule has 0 aliphatic rings. The van der Waals surface area contributed by atoms with E-state index in [0.717, 1.165) is 11.4 Å². The van der Waals surface area contributed by atoms with Gasteiger partial charge in [-0.1, -0.05) is 6.07 Å². The van der Waals surface area contributed by atoms with Crippen LogP contribution in [-0.2, 0) is 0 Å². The van der Waals surface area contributed by atoms with E-state index in [2.05, 4.69) is 4.98 Å². The molecule has 1 heterocycles. The highest BCUT2D eigenvalue weighted by Gasteiger charge is 2.07. The van der Waals surface area contributed by atoms with E-state index in [1.54, 1.807) is 18.2 Å². The zero-order chi connectivity index (χ0) is 11.5. The average Bonchev–Trinajstić information content (AvgIpc) is 2.81. The minimum absolute atomic E-state index is 0.292. The van der Waals surface area contributed by atoms with Crippen molar-refractivity contribution >= 4 is 17.3 Å². The lowest BCUT2D eigenvalue weighted by atomic mass is 10.2. The molecule has 1 aromatic carbocycles. The van der Waals surface area contributed by atoms with E-state index in [1.807, 2.05) is 36.5 Å². The van der Waals surface area contributed by atoms with Gasteiger partial charge in [0.1, 0.15) is 0 Å². The molecule has 2 N–H and O–H groups in total. The lowest BCUT2D eigenvalue weighted by molar-refractivity contribution is 0.0697. The van der Waals surface area contributed by atoms with Gasteiger partial charge in [0.15, 0.2) is 0 Å². The van der Waals surface area contributed by atoms with Gasteiger partial charge in [0.2, 0.25) is 0 Å². The minimum atomic E-state index is -0.913. The van der Waals surface area contributed by atoms with Crippen molar-refractivity contribution in [3.05, 3.63) is 48.3 Å². The Labute approximate surface area is 93.1 Å². The van der Waals surface area contributed by atoms with Crippen LogP contribution >= 0.6 is 0 Å². The number of aromatic nitrogens is 1. The fourth-order valence-electron chi connectivity index (χ4n) is 1.52. The molecule has 4 nitrogen and oxygen atoms in total. The number of aromatic amines is 1. The van der Waals surface area contributed by atoms with Crippen LogP contribution < -0.4 is 4.90 Å². The number of benzene rings is 1. The summed E-state index contributed by atoms with van der Waals surface area (Å²) >= 11 is 0. The Morgan fingerprint density at radius 1 is 1.31 bits per heavy atom.